The summed E-state index contributed by atoms with van der Waals surface area (Å²) in [6, 6.07) is 12.8. The molecule has 246 valence electrons. The number of aromatic nitrogens is 4. The second-order valence-corrected chi connectivity index (χ2v) is 11.6. The van der Waals surface area contributed by atoms with E-state index in [9.17, 15) is 14.4 Å². The highest BCUT2D eigenvalue weighted by atomic mass is 16.5. The molecule has 13 nitrogen and oxygen atoms in total. The third-order valence-corrected chi connectivity index (χ3v) is 8.07. The predicted octanol–water partition coefficient (Wildman–Crippen LogP) is 4.13. The van der Waals surface area contributed by atoms with E-state index in [0.29, 0.717) is 58.3 Å². The van der Waals surface area contributed by atoms with Gasteiger partial charge >= 0.3 is 0 Å². The lowest BCUT2D eigenvalue weighted by molar-refractivity contribution is -0.120. The van der Waals surface area contributed by atoms with Gasteiger partial charge in [-0.3, -0.25) is 14.4 Å². The number of anilines is 2. The fourth-order valence-corrected chi connectivity index (χ4v) is 5.89. The number of ether oxygens (including phenoxy) is 3. The number of methoxy groups -OCH3 is 3. The van der Waals surface area contributed by atoms with Crippen LogP contribution in [0.4, 0.5) is 11.4 Å². The molecule has 0 saturated carbocycles. The van der Waals surface area contributed by atoms with Crippen LogP contribution in [0.5, 0.6) is 17.2 Å². The van der Waals surface area contributed by atoms with Crippen LogP contribution in [-0.2, 0) is 23.1 Å². The summed E-state index contributed by atoms with van der Waals surface area (Å²) in [5.74, 6) is 1.09. The molecule has 0 saturated heterocycles. The molecule has 2 unspecified atom stereocenters. The van der Waals surface area contributed by atoms with Gasteiger partial charge in [-0.05, 0) is 71.0 Å². The lowest BCUT2D eigenvalue weighted by Crippen LogP contribution is -2.39. The minimum absolute atomic E-state index is 0.188. The number of amides is 2. The van der Waals surface area contributed by atoms with Gasteiger partial charge in [0.15, 0.2) is 11.5 Å². The van der Waals surface area contributed by atoms with Crippen LogP contribution in [0.2, 0.25) is 0 Å². The molecule has 3 N–H and O–H groups in total. The van der Waals surface area contributed by atoms with E-state index in [4.69, 9.17) is 14.2 Å². The molecule has 5 rings (SSSR count). The number of nitrogens with one attached hydrogen (secondary N) is 3. The molecule has 0 spiro atoms. The van der Waals surface area contributed by atoms with Crippen molar-refractivity contribution in [2.24, 2.45) is 13.0 Å². The fourth-order valence-electron chi connectivity index (χ4n) is 5.89. The maximum Gasteiger partial charge on any atom is 0.247 e. The van der Waals surface area contributed by atoms with E-state index in [0.717, 1.165) is 11.1 Å². The summed E-state index contributed by atoms with van der Waals surface area (Å²) in [6.45, 7) is 5.24. The Morgan fingerprint density at radius 3 is 2.40 bits per heavy atom. The molecule has 0 radical (unpaired) electrons. The van der Waals surface area contributed by atoms with Crippen LogP contribution < -0.4 is 35.6 Å². The van der Waals surface area contributed by atoms with E-state index in [1.807, 2.05) is 32.0 Å². The quantitative estimate of drug-likeness (QED) is 0.230. The van der Waals surface area contributed by atoms with Crippen molar-refractivity contribution < 1.29 is 23.8 Å². The van der Waals surface area contributed by atoms with Crippen molar-refractivity contribution >= 4 is 23.2 Å². The number of tetrazole rings is 1. The Labute approximate surface area is 272 Å². The summed E-state index contributed by atoms with van der Waals surface area (Å²) in [5.41, 5.74) is 4.12. The summed E-state index contributed by atoms with van der Waals surface area (Å²) >= 11 is 0. The summed E-state index contributed by atoms with van der Waals surface area (Å²) in [6.07, 6.45) is 1.11. The number of carbonyl (C=O) groups is 2. The van der Waals surface area contributed by atoms with Crippen LogP contribution >= 0.6 is 0 Å². The number of fused-ring (bicyclic) bond motifs is 3. The molecule has 2 atom stereocenters. The van der Waals surface area contributed by atoms with Gasteiger partial charge in [0.25, 0.3) is 0 Å². The number of benzene rings is 2. The van der Waals surface area contributed by atoms with Gasteiger partial charge in [-0.2, -0.15) is 4.80 Å². The third-order valence-electron chi connectivity index (χ3n) is 8.07. The highest BCUT2D eigenvalue weighted by Crippen LogP contribution is 2.50. The maximum atomic E-state index is 13.9. The first-order chi connectivity index (χ1) is 22.5. The molecule has 47 heavy (non-hydrogen) atoms. The Balaban J connectivity index is 1.55. The molecule has 2 amide bonds. The summed E-state index contributed by atoms with van der Waals surface area (Å²) in [4.78, 5) is 41.2. The minimum atomic E-state index is -0.763. The van der Waals surface area contributed by atoms with Crippen molar-refractivity contribution in [1.82, 2.24) is 25.5 Å². The van der Waals surface area contributed by atoms with E-state index >= 15 is 0 Å². The molecule has 0 bridgehead atoms. The predicted molar refractivity (Wildman–Crippen MR) is 178 cm³/mol. The molecule has 1 aliphatic carbocycles. The van der Waals surface area contributed by atoms with Crippen molar-refractivity contribution in [1.29, 1.82) is 0 Å². The van der Waals surface area contributed by atoms with Crippen molar-refractivity contribution in [3.8, 4) is 39.8 Å². The van der Waals surface area contributed by atoms with Crippen LogP contribution in [0.15, 0.2) is 53.3 Å². The highest BCUT2D eigenvalue weighted by molar-refractivity contribution is 5.97. The topological polar surface area (TPSA) is 159 Å². The van der Waals surface area contributed by atoms with Crippen LogP contribution in [0, 0.1) is 5.92 Å². The normalized spacial score (nSPS) is 14.3. The van der Waals surface area contributed by atoms with Gasteiger partial charge in [0.1, 0.15) is 6.04 Å². The summed E-state index contributed by atoms with van der Waals surface area (Å²) < 4.78 is 17.1. The second kappa shape index (κ2) is 13.9. The Morgan fingerprint density at radius 1 is 1.00 bits per heavy atom. The molecule has 0 aliphatic heterocycles. The lowest BCUT2D eigenvalue weighted by Gasteiger charge is -2.22. The highest BCUT2D eigenvalue weighted by Gasteiger charge is 2.30. The van der Waals surface area contributed by atoms with Gasteiger partial charge in [-0.1, -0.05) is 32.0 Å². The van der Waals surface area contributed by atoms with E-state index in [2.05, 4.69) is 31.4 Å². The Hall–Kier alpha value is -5.46. The van der Waals surface area contributed by atoms with Crippen LogP contribution in [-0.4, -0.2) is 59.4 Å². The van der Waals surface area contributed by atoms with Crippen LogP contribution in [0.25, 0.3) is 22.5 Å². The van der Waals surface area contributed by atoms with Gasteiger partial charge < -0.3 is 30.2 Å². The van der Waals surface area contributed by atoms with Gasteiger partial charge in [0.05, 0.1) is 40.1 Å². The standard InChI is InChI=1S/C34H39N7O6/c1-18(2)30(34(44)36-22-10-8-9-21(15-22)33-38-40-41(4)39-33)37-26-14-12-23-24(17-27(26)43)25(35-19(3)42)13-11-20-16-28(45-5)31(46-6)32(47-7)29(20)23/h8-10,12,14-18,25,30H,11,13H2,1-7H3,(H,35,42)(H,36,44)(H,37,43). The van der Waals surface area contributed by atoms with Gasteiger partial charge in [-0.15, -0.1) is 10.2 Å². The largest absolute Gasteiger partial charge is 0.493 e. The number of nitrogens with zero attached hydrogens (tertiary/aromatic N) is 4. The van der Waals surface area contributed by atoms with Crippen molar-refractivity contribution in [3.63, 3.8) is 0 Å². The van der Waals surface area contributed by atoms with Crippen molar-refractivity contribution in [3.05, 3.63) is 69.9 Å². The van der Waals surface area contributed by atoms with Crippen molar-refractivity contribution in [2.75, 3.05) is 32.0 Å². The molecule has 4 aromatic rings. The zero-order valence-corrected chi connectivity index (χ0v) is 27.5. The zero-order valence-electron chi connectivity index (χ0n) is 27.5. The summed E-state index contributed by atoms with van der Waals surface area (Å²) in [7, 11) is 6.32. The molecular weight excluding hydrogens is 602 g/mol. The minimum Gasteiger partial charge on any atom is -0.493 e. The molecule has 3 aromatic carbocycles. The molecular formula is C34H39N7O6. The fraction of sp³-hybridized carbons (Fsp3) is 0.353. The molecule has 1 aromatic heterocycles. The number of rotatable bonds is 10. The Morgan fingerprint density at radius 2 is 1.77 bits per heavy atom. The molecule has 1 heterocycles. The monoisotopic (exact) mass is 641 g/mol. The first-order valence-corrected chi connectivity index (χ1v) is 15.2. The van der Waals surface area contributed by atoms with Crippen LogP contribution in [0.1, 0.15) is 44.4 Å². The zero-order chi connectivity index (χ0) is 33.8. The summed E-state index contributed by atoms with van der Waals surface area (Å²) in [5, 5.41) is 21.3. The van der Waals surface area contributed by atoms with E-state index in [1.54, 1.807) is 45.5 Å². The number of hydrogen-bond donors (Lipinski definition) is 3. The maximum absolute atomic E-state index is 13.9. The van der Waals surface area contributed by atoms with E-state index in [1.165, 1.54) is 24.9 Å². The van der Waals surface area contributed by atoms with Gasteiger partial charge in [0, 0.05) is 23.7 Å². The Kier molecular flexibility index (Phi) is 9.73. The van der Waals surface area contributed by atoms with E-state index < -0.39 is 12.1 Å². The first-order valence-electron chi connectivity index (χ1n) is 15.2. The average Bonchev–Trinajstić information content (AvgIpc) is 3.35. The van der Waals surface area contributed by atoms with Crippen molar-refractivity contribution in [2.45, 2.75) is 45.7 Å². The smallest absolute Gasteiger partial charge is 0.247 e. The number of aryl methyl sites for hydroxylation is 2. The molecule has 0 fully saturated rings. The molecule has 1 aliphatic rings. The number of carbonyl (C=O) groups excluding carboxylic acids is 2. The Bertz CT molecular complexity index is 1870. The van der Waals surface area contributed by atoms with Crippen LogP contribution in [0.3, 0.4) is 0 Å². The van der Waals surface area contributed by atoms with E-state index in [-0.39, 0.29) is 28.8 Å². The lowest BCUT2D eigenvalue weighted by atomic mass is 9.95. The second-order valence-electron chi connectivity index (χ2n) is 11.6. The molecule has 13 heteroatoms. The third kappa shape index (κ3) is 6.88. The average molecular weight is 642 g/mol. The number of hydrogen-bond acceptors (Lipinski definition) is 10. The first kappa shape index (κ1) is 32.9. The van der Waals surface area contributed by atoms with Gasteiger partial charge in [-0.25, -0.2) is 0 Å². The van der Waals surface area contributed by atoms with Gasteiger partial charge in [0.2, 0.25) is 28.8 Å². The SMILES string of the molecule is COc1cc2c(c(OC)c1OC)-c1ccc(NC(C(=O)Nc3cccc(-c4nnn(C)n4)c3)C(C)C)c(=O)cc1C(NC(C)=O)CC2.